The van der Waals surface area contributed by atoms with Crippen LogP contribution in [0.1, 0.15) is 16.1 Å². The fourth-order valence-electron chi connectivity index (χ4n) is 3.28. The molecular formula is C21H21N5O. The molecule has 0 radical (unpaired) electrons. The Kier molecular flexibility index (Phi) is 4.80. The van der Waals surface area contributed by atoms with Crippen LogP contribution in [0.3, 0.4) is 0 Å². The van der Waals surface area contributed by atoms with Crippen molar-refractivity contribution in [1.82, 2.24) is 15.3 Å². The summed E-state index contributed by atoms with van der Waals surface area (Å²) in [6.07, 6.45) is 1.58. The van der Waals surface area contributed by atoms with Gasteiger partial charge >= 0.3 is 0 Å². The number of carbonyl (C=O) groups is 1. The van der Waals surface area contributed by atoms with E-state index in [2.05, 4.69) is 15.2 Å². The summed E-state index contributed by atoms with van der Waals surface area (Å²) in [5.74, 6) is 0.814. The third kappa shape index (κ3) is 3.52. The minimum Gasteiger partial charge on any atom is -0.383 e. The van der Waals surface area contributed by atoms with Gasteiger partial charge in [-0.05, 0) is 29.8 Å². The molecule has 0 aliphatic carbocycles. The lowest BCUT2D eigenvalue weighted by molar-refractivity contribution is 0.103. The normalized spacial score (nSPS) is 14.1. The average molecular weight is 359 g/mol. The van der Waals surface area contributed by atoms with Crippen molar-refractivity contribution in [3.63, 3.8) is 0 Å². The van der Waals surface area contributed by atoms with E-state index in [0.717, 1.165) is 43.1 Å². The number of nitrogens with zero attached hydrogens (tertiary/aromatic N) is 3. The van der Waals surface area contributed by atoms with Crippen LogP contribution in [0.4, 0.5) is 11.6 Å². The zero-order chi connectivity index (χ0) is 18.6. The lowest BCUT2D eigenvalue weighted by Gasteiger charge is -2.29. The number of hydrogen-bond acceptors (Lipinski definition) is 6. The lowest BCUT2D eigenvalue weighted by atomic mass is 9.98. The van der Waals surface area contributed by atoms with Crippen LogP contribution >= 0.6 is 0 Å². The van der Waals surface area contributed by atoms with E-state index < -0.39 is 0 Å². The summed E-state index contributed by atoms with van der Waals surface area (Å²) in [7, 11) is 0. The highest BCUT2D eigenvalue weighted by atomic mass is 16.1. The number of rotatable bonds is 4. The summed E-state index contributed by atoms with van der Waals surface area (Å²) in [6.45, 7) is 3.53. The number of ketones is 1. The van der Waals surface area contributed by atoms with Gasteiger partial charge < -0.3 is 16.0 Å². The molecule has 1 saturated heterocycles. The van der Waals surface area contributed by atoms with Crippen molar-refractivity contribution >= 4 is 17.4 Å². The van der Waals surface area contributed by atoms with E-state index in [0.29, 0.717) is 11.3 Å². The Bertz CT molecular complexity index is 952. The fourth-order valence-corrected chi connectivity index (χ4v) is 3.28. The van der Waals surface area contributed by atoms with E-state index in [-0.39, 0.29) is 11.6 Å². The number of benzene rings is 1. The van der Waals surface area contributed by atoms with Crippen LogP contribution in [-0.2, 0) is 0 Å². The van der Waals surface area contributed by atoms with Crippen LogP contribution in [0.15, 0.2) is 60.8 Å². The van der Waals surface area contributed by atoms with E-state index >= 15 is 0 Å². The molecule has 6 nitrogen and oxygen atoms in total. The number of nitrogens with one attached hydrogen (secondary N) is 1. The van der Waals surface area contributed by atoms with Crippen LogP contribution in [0, 0.1) is 0 Å². The Morgan fingerprint density at radius 3 is 2.52 bits per heavy atom. The van der Waals surface area contributed by atoms with Crippen LogP contribution in [0.25, 0.3) is 11.1 Å². The second-order valence-corrected chi connectivity index (χ2v) is 6.43. The molecule has 1 aliphatic heterocycles. The summed E-state index contributed by atoms with van der Waals surface area (Å²) in [5, 5.41) is 3.33. The predicted octanol–water partition coefficient (Wildman–Crippen LogP) is 2.37. The van der Waals surface area contributed by atoms with Crippen molar-refractivity contribution in [3.05, 3.63) is 72.1 Å². The largest absolute Gasteiger partial charge is 0.383 e. The number of hydrogen-bond donors (Lipinski definition) is 2. The van der Waals surface area contributed by atoms with Gasteiger partial charge in [0.1, 0.15) is 17.3 Å². The zero-order valence-electron chi connectivity index (χ0n) is 14.9. The zero-order valence-corrected chi connectivity index (χ0v) is 14.9. The van der Waals surface area contributed by atoms with Crippen molar-refractivity contribution < 1.29 is 4.79 Å². The molecule has 3 N–H and O–H groups in total. The molecule has 2 aromatic heterocycles. The summed E-state index contributed by atoms with van der Waals surface area (Å²) >= 11 is 0. The highest BCUT2D eigenvalue weighted by Crippen LogP contribution is 2.28. The molecular weight excluding hydrogens is 338 g/mol. The number of piperazine rings is 1. The number of carbonyl (C=O) groups excluding carboxylic acids is 1. The highest BCUT2D eigenvalue weighted by molar-refractivity contribution is 6.14. The fraction of sp³-hybridized carbons (Fsp3) is 0.190. The molecule has 1 aromatic carbocycles. The molecule has 27 heavy (non-hydrogen) atoms. The second kappa shape index (κ2) is 7.55. The van der Waals surface area contributed by atoms with Gasteiger partial charge in [-0.25, -0.2) is 9.97 Å². The van der Waals surface area contributed by atoms with Crippen LogP contribution in [-0.4, -0.2) is 41.9 Å². The first-order valence-electron chi connectivity index (χ1n) is 9.01. The van der Waals surface area contributed by atoms with E-state index in [9.17, 15) is 4.79 Å². The molecule has 0 bridgehead atoms. The van der Waals surface area contributed by atoms with Gasteiger partial charge in [0.2, 0.25) is 5.78 Å². The van der Waals surface area contributed by atoms with Gasteiger partial charge in [0.25, 0.3) is 0 Å². The summed E-state index contributed by atoms with van der Waals surface area (Å²) in [4.78, 5) is 24.3. The van der Waals surface area contributed by atoms with Crippen molar-refractivity contribution in [2.75, 3.05) is 36.8 Å². The molecule has 136 valence electrons. The first-order valence-corrected chi connectivity index (χ1v) is 9.01. The van der Waals surface area contributed by atoms with Gasteiger partial charge in [-0.3, -0.25) is 4.79 Å². The molecule has 0 spiro atoms. The molecule has 0 amide bonds. The first-order chi connectivity index (χ1) is 13.2. The SMILES string of the molecule is Nc1ncccc1C(=O)c1nc(N2CCNCC2)ccc1-c1ccccc1. The Morgan fingerprint density at radius 1 is 1.00 bits per heavy atom. The van der Waals surface area contributed by atoms with Crippen molar-refractivity contribution in [1.29, 1.82) is 0 Å². The topological polar surface area (TPSA) is 84.1 Å². The maximum Gasteiger partial charge on any atom is 0.215 e. The summed E-state index contributed by atoms with van der Waals surface area (Å²) in [6, 6.07) is 17.2. The van der Waals surface area contributed by atoms with Crippen LogP contribution in [0.5, 0.6) is 0 Å². The van der Waals surface area contributed by atoms with Gasteiger partial charge in [0.05, 0.1) is 5.56 Å². The Hall–Kier alpha value is -3.25. The molecule has 3 aromatic rings. The predicted molar refractivity (Wildman–Crippen MR) is 107 cm³/mol. The second-order valence-electron chi connectivity index (χ2n) is 6.43. The Labute approximate surface area is 158 Å². The number of pyridine rings is 2. The molecule has 0 saturated carbocycles. The standard InChI is InChI=1S/C21H21N5O/c22-21-17(7-4-10-24-21)20(27)19-16(15-5-2-1-3-6-15)8-9-18(25-19)26-13-11-23-12-14-26/h1-10,23H,11-14H2,(H2,22,24). The van der Waals surface area contributed by atoms with Crippen molar-refractivity contribution in [3.8, 4) is 11.1 Å². The molecule has 4 rings (SSSR count). The smallest absolute Gasteiger partial charge is 0.215 e. The summed E-state index contributed by atoms with van der Waals surface area (Å²) < 4.78 is 0. The number of nitrogens with two attached hydrogens (primary N) is 1. The third-order valence-electron chi connectivity index (χ3n) is 4.70. The van der Waals surface area contributed by atoms with Gasteiger partial charge in [-0.1, -0.05) is 30.3 Å². The van der Waals surface area contributed by atoms with Crippen molar-refractivity contribution in [2.45, 2.75) is 0 Å². The quantitative estimate of drug-likeness (QED) is 0.696. The number of nitrogen functional groups attached to an aromatic ring is 1. The molecule has 0 atom stereocenters. The highest BCUT2D eigenvalue weighted by Gasteiger charge is 2.21. The van der Waals surface area contributed by atoms with E-state index in [1.165, 1.54) is 0 Å². The third-order valence-corrected chi connectivity index (χ3v) is 4.70. The first kappa shape index (κ1) is 17.2. The number of aromatic nitrogens is 2. The maximum atomic E-state index is 13.3. The molecule has 0 unspecified atom stereocenters. The maximum absolute atomic E-state index is 13.3. The van der Waals surface area contributed by atoms with E-state index in [1.54, 1.807) is 18.3 Å². The van der Waals surface area contributed by atoms with Crippen LogP contribution in [0.2, 0.25) is 0 Å². The van der Waals surface area contributed by atoms with Gasteiger partial charge in [-0.15, -0.1) is 0 Å². The van der Waals surface area contributed by atoms with Gasteiger partial charge in [0.15, 0.2) is 0 Å². The van der Waals surface area contributed by atoms with Crippen LogP contribution < -0.4 is 16.0 Å². The van der Waals surface area contributed by atoms with E-state index in [4.69, 9.17) is 10.7 Å². The van der Waals surface area contributed by atoms with E-state index in [1.807, 2.05) is 42.5 Å². The van der Waals surface area contributed by atoms with Crippen molar-refractivity contribution in [2.24, 2.45) is 0 Å². The minimum absolute atomic E-state index is 0.212. The number of anilines is 2. The molecule has 1 aliphatic rings. The Balaban J connectivity index is 1.82. The average Bonchev–Trinajstić information content (AvgIpc) is 2.74. The molecule has 6 heteroatoms. The monoisotopic (exact) mass is 359 g/mol. The summed E-state index contributed by atoms with van der Waals surface area (Å²) in [5.41, 5.74) is 8.47. The Morgan fingerprint density at radius 2 is 1.78 bits per heavy atom. The van der Waals surface area contributed by atoms with Gasteiger partial charge in [0, 0.05) is 37.9 Å². The molecule has 1 fully saturated rings. The minimum atomic E-state index is -0.212. The van der Waals surface area contributed by atoms with Gasteiger partial charge in [-0.2, -0.15) is 0 Å². The lowest BCUT2D eigenvalue weighted by Crippen LogP contribution is -2.44. The molecule has 3 heterocycles.